The van der Waals surface area contributed by atoms with Crippen LogP contribution in [-0.2, 0) is 0 Å². The number of guanidine groups is 1. The number of aliphatic imine (C=N–C) groups is 1. The van der Waals surface area contributed by atoms with Crippen LogP contribution in [0.1, 0.15) is 33.6 Å². The second kappa shape index (κ2) is 5.10. The normalized spacial score (nSPS) is 17.7. The third kappa shape index (κ3) is 2.90. The maximum absolute atomic E-state index is 4.55. The van der Waals surface area contributed by atoms with Gasteiger partial charge < -0.3 is 10.2 Å². The fraction of sp³-hybridized carbons (Fsp3) is 0.900. The number of hydrogen-bond acceptors (Lipinski definition) is 3. The van der Waals surface area contributed by atoms with Gasteiger partial charge in [0.15, 0.2) is 5.96 Å². The van der Waals surface area contributed by atoms with Crippen molar-refractivity contribution in [1.82, 2.24) is 10.2 Å². The minimum Gasteiger partial charge on any atom is -0.356 e. The molecule has 0 radical (unpaired) electrons. The van der Waals surface area contributed by atoms with Gasteiger partial charge in [0, 0.05) is 25.7 Å². The molecule has 1 heterocycles. The van der Waals surface area contributed by atoms with Crippen molar-refractivity contribution in [2.75, 3.05) is 19.6 Å². The maximum Gasteiger partial charge on any atom is 0.194 e. The molecule has 0 aromatic carbocycles. The molecule has 0 spiro atoms. The van der Waals surface area contributed by atoms with Gasteiger partial charge in [-0.2, -0.15) is 0 Å². The largest absolute Gasteiger partial charge is 0.356 e. The van der Waals surface area contributed by atoms with Crippen LogP contribution in [0.4, 0.5) is 0 Å². The van der Waals surface area contributed by atoms with Gasteiger partial charge in [-0.3, -0.25) is 4.99 Å². The Balaban J connectivity index is 2.59. The number of hydrogen-bond donors (Lipinski definition) is 1. The van der Waals surface area contributed by atoms with Crippen LogP contribution in [-0.4, -0.2) is 36.5 Å². The Bertz CT molecular complexity index is 175. The van der Waals surface area contributed by atoms with Crippen molar-refractivity contribution in [1.29, 1.82) is 0 Å². The van der Waals surface area contributed by atoms with E-state index >= 15 is 0 Å². The minimum atomic E-state index is 0.536. The summed E-state index contributed by atoms with van der Waals surface area (Å²) < 4.78 is 0. The lowest BCUT2D eigenvalue weighted by Gasteiger charge is -2.28. The number of rotatable bonds is 2. The van der Waals surface area contributed by atoms with Crippen LogP contribution in [0.5, 0.6) is 0 Å². The summed E-state index contributed by atoms with van der Waals surface area (Å²) in [5.41, 5.74) is 0. The van der Waals surface area contributed by atoms with Crippen LogP contribution in [0, 0.1) is 0 Å². The van der Waals surface area contributed by atoms with Gasteiger partial charge in [0.1, 0.15) is 0 Å². The van der Waals surface area contributed by atoms with Crippen molar-refractivity contribution in [3.8, 4) is 0 Å². The highest BCUT2D eigenvalue weighted by Gasteiger charge is 2.13. The molecule has 1 rings (SSSR count). The predicted molar refractivity (Wildman–Crippen MR) is 57.1 cm³/mol. The lowest BCUT2D eigenvalue weighted by Crippen LogP contribution is -2.44. The first-order chi connectivity index (χ1) is 6.25. The summed E-state index contributed by atoms with van der Waals surface area (Å²) in [6, 6.07) is 0.536. The lowest BCUT2D eigenvalue weighted by molar-refractivity contribution is 0.354. The van der Waals surface area contributed by atoms with Gasteiger partial charge in [0.2, 0.25) is 0 Å². The molecule has 0 bridgehead atoms. The zero-order valence-electron chi connectivity index (χ0n) is 9.01. The summed E-state index contributed by atoms with van der Waals surface area (Å²) in [6.45, 7) is 9.67. The highest BCUT2D eigenvalue weighted by Crippen LogP contribution is 2.02. The van der Waals surface area contributed by atoms with Crippen molar-refractivity contribution in [2.45, 2.75) is 39.7 Å². The molecule has 3 nitrogen and oxygen atoms in total. The van der Waals surface area contributed by atoms with Gasteiger partial charge in [-0.1, -0.05) is 0 Å². The summed E-state index contributed by atoms with van der Waals surface area (Å²) in [7, 11) is 0. The van der Waals surface area contributed by atoms with E-state index in [2.05, 4.69) is 36.0 Å². The zero-order valence-corrected chi connectivity index (χ0v) is 9.01. The van der Waals surface area contributed by atoms with Crippen LogP contribution in [0.15, 0.2) is 4.99 Å². The average Bonchev–Trinajstić information content (AvgIpc) is 2.33. The molecule has 1 N–H and O–H groups in total. The summed E-state index contributed by atoms with van der Waals surface area (Å²) in [5.74, 6) is 1.09. The first-order valence-corrected chi connectivity index (χ1v) is 5.30. The van der Waals surface area contributed by atoms with Gasteiger partial charge in [-0.05, 0) is 33.6 Å². The Morgan fingerprint density at radius 1 is 1.46 bits per heavy atom. The van der Waals surface area contributed by atoms with Crippen LogP contribution in [0.25, 0.3) is 0 Å². The van der Waals surface area contributed by atoms with Gasteiger partial charge in [0.25, 0.3) is 0 Å². The van der Waals surface area contributed by atoms with Crippen LogP contribution < -0.4 is 5.32 Å². The summed E-state index contributed by atoms with van der Waals surface area (Å²) >= 11 is 0. The molecule has 0 fully saturated rings. The zero-order chi connectivity index (χ0) is 9.68. The quantitative estimate of drug-likeness (QED) is 0.702. The monoisotopic (exact) mass is 183 g/mol. The minimum absolute atomic E-state index is 0.536. The van der Waals surface area contributed by atoms with Gasteiger partial charge >= 0.3 is 0 Å². The van der Waals surface area contributed by atoms with Crippen LogP contribution in [0.2, 0.25) is 0 Å². The molecular formula is C10H21N3. The molecule has 0 saturated heterocycles. The summed E-state index contributed by atoms with van der Waals surface area (Å²) in [5, 5.41) is 3.39. The molecule has 3 heteroatoms. The van der Waals surface area contributed by atoms with Gasteiger partial charge in [0.05, 0.1) is 0 Å². The van der Waals surface area contributed by atoms with Gasteiger partial charge in [-0.25, -0.2) is 0 Å². The molecule has 0 amide bonds. The highest BCUT2D eigenvalue weighted by molar-refractivity contribution is 5.80. The van der Waals surface area contributed by atoms with E-state index in [1.165, 1.54) is 12.8 Å². The Hall–Kier alpha value is -0.730. The van der Waals surface area contributed by atoms with E-state index in [1.54, 1.807) is 0 Å². The molecule has 1 aliphatic heterocycles. The molecule has 1 aliphatic rings. The second-order valence-electron chi connectivity index (χ2n) is 3.72. The Morgan fingerprint density at radius 2 is 2.23 bits per heavy atom. The number of nitrogens with zero attached hydrogens (tertiary/aromatic N) is 2. The topological polar surface area (TPSA) is 27.6 Å². The molecule has 0 atom stereocenters. The highest BCUT2D eigenvalue weighted by atomic mass is 15.3. The molecule has 0 saturated carbocycles. The van der Waals surface area contributed by atoms with E-state index in [1.807, 2.05) is 0 Å². The van der Waals surface area contributed by atoms with Gasteiger partial charge in [-0.15, -0.1) is 0 Å². The van der Waals surface area contributed by atoms with E-state index in [0.29, 0.717) is 6.04 Å². The standard InChI is InChI=1S/C10H21N3/c1-4-13(9(2)3)10-11-7-5-6-8-12-10/h9H,4-8H2,1-3H3,(H,11,12). The second-order valence-corrected chi connectivity index (χ2v) is 3.72. The fourth-order valence-electron chi connectivity index (χ4n) is 1.63. The Labute approximate surface area is 81.2 Å². The van der Waals surface area contributed by atoms with E-state index in [-0.39, 0.29) is 0 Å². The molecule has 0 aliphatic carbocycles. The van der Waals surface area contributed by atoms with Crippen molar-refractivity contribution >= 4 is 5.96 Å². The molecule has 0 aromatic heterocycles. The average molecular weight is 183 g/mol. The maximum atomic E-state index is 4.55. The van der Waals surface area contributed by atoms with E-state index in [0.717, 1.165) is 25.6 Å². The fourth-order valence-corrected chi connectivity index (χ4v) is 1.63. The SMILES string of the molecule is CCN(C1=NCCCCN1)C(C)C. The lowest BCUT2D eigenvalue weighted by atomic mass is 10.3. The number of nitrogens with one attached hydrogen (secondary N) is 1. The Kier molecular flexibility index (Phi) is 4.06. The molecule has 0 unspecified atom stereocenters. The first-order valence-electron chi connectivity index (χ1n) is 5.30. The molecule has 13 heavy (non-hydrogen) atoms. The van der Waals surface area contributed by atoms with Crippen LogP contribution >= 0.6 is 0 Å². The predicted octanol–water partition coefficient (Wildman–Crippen LogP) is 1.46. The molecule has 0 aromatic rings. The van der Waals surface area contributed by atoms with Crippen molar-refractivity contribution < 1.29 is 0 Å². The van der Waals surface area contributed by atoms with Crippen molar-refractivity contribution in [3.63, 3.8) is 0 Å². The molecule has 76 valence electrons. The smallest absolute Gasteiger partial charge is 0.194 e. The summed E-state index contributed by atoms with van der Waals surface area (Å²) in [6.07, 6.45) is 2.45. The third-order valence-corrected chi connectivity index (χ3v) is 2.37. The first kappa shape index (κ1) is 10.4. The Morgan fingerprint density at radius 3 is 2.85 bits per heavy atom. The summed E-state index contributed by atoms with van der Waals surface area (Å²) in [4.78, 5) is 6.86. The van der Waals surface area contributed by atoms with Crippen LogP contribution in [0.3, 0.4) is 0 Å². The molecular weight excluding hydrogens is 162 g/mol. The third-order valence-electron chi connectivity index (χ3n) is 2.37. The van der Waals surface area contributed by atoms with Crippen molar-refractivity contribution in [3.05, 3.63) is 0 Å². The van der Waals surface area contributed by atoms with E-state index in [4.69, 9.17) is 0 Å². The van der Waals surface area contributed by atoms with E-state index in [9.17, 15) is 0 Å². The van der Waals surface area contributed by atoms with Crippen molar-refractivity contribution in [2.24, 2.45) is 4.99 Å². The van der Waals surface area contributed by atoms with E-state index < -0.39 is 0 Å².